The predicted octanol–water partition coefficient (Wildman–Crippen LogP) is 17.0. The summed E-state index contributed by atoms with van der Waals surface area (Å²) in [5, 5.41) is 3.84. The minimum absolute atomic E-state index is 0. The maximum Gasteiger partial charge on any atom is 0.306 e. The molecule has 7 nitrogen and oxygen atoms in total. The fourth-order valence-electron chi connectivity index (χ4n) is 8.49. The van der Waals surface area contributed by atoms with Crippen LogP contribution in [0.5, 0.6) is 0 Å². The first-order chi connectivity index (χ1) is 31.4. The van der Waals surface area contributed by atoms with Crippen LogP contribution in [0, 0.1) is 11.8 Å². The molecule has 0 saturated heterocycles. The lowest BCUT2D eigenvalue weighted by atomic mass is 9.96. The molecule has 0 saturated carbocycles. The Kier molecular flexibility index (Phi) is 46.7. The summed E-state index contributed by atoms with van der Waals surface area (Å²) in [6.07, 6.45) is 39.3. The van der Waals surface area contributed by atoms with Crippen molar-refractivity contribution in [1.82, 2.24) is 5.32 Å². The van der Waals surface area contributed by atoms with Gasteiger partial charge in [0, 0.05) is 26.7 Å². The van der Waals surface area contributed by atoms with Crippen LogP contribution in [0.2, 0.25) is 0 Å². The van der Waals surface area contributed by atoms with Crippen molar-refractivity contribution in [3.63, 3.8) is 0 Å². The topological polar surface area (TPSA) is 90.9 Å². The first kappa shape index (κ1) is 61.6. The van der Waals surface area contributed by atoms with E-state index in [1.807, 2.05) is 44.2 Å². The van der Waals surface area contributed by atoms with E-state index < -0.39 is 0 Å². The van der Waals surface area contributed by atoms with Crippen LogP contribution in [0.25, 0.3) is 0 Å². The predicted molar refractivity (Wildman–Crippen MR) is 275 cm³/mol. The van der Waals surface area contributed by atoms with Crippen molar-refractivity contribution in [3.8, 4) is 0 Å². The Morgan fingerprint density at radius 3 is 1.25 bits per heavy atom. The van der Waals surface area contributed by atoms with Crippen molar-refractivity contribution in [3.05, 3.63) is 35.9 Å². The van der Waals surface area contributed by atoms with Crippen LogP contribution in [0.15, 0.2) is 30.3 Å². The Morgan fingerprint density at radius 2 is 0.797 bits per heavy atom. The van der Waals surface area contributed by atoms with Crippen LogP contribution in [-0.4, -0.2) is 43.7 Å². The fraction of sp³-hybridized carbons (Fsp3) is 0.842. The standard InChI is InChI=1S/C55H99NO6.C2H6.H2/c1-5-9-13-24-36-49(34-11-7-3)46-60-53(57)42-30-21-17-15-19-28-40-52(56-45-33-32-44-55(59)62-48-51-38-26-23-27-39-51)41-29-20-16-18-22-31-43-54(58)61-47-50(35-12-8-4)37-25-14-10-6-2;1-2;/h23,26-27,38-39,49-50,52,56H,5-22,24-25,28-37,40-48H2,1-4H3;1-2H3;1H. The summed E-state index contributed by atoms with van der Waals surface area (Å²) in [4.78, 5) is 37.3. The number of hydrogen-bond donors (Lipinski definition) is 1. The molecule has 376 valence electrons. The van der Waals surface area contributed by atoms with E-state index in [0.717, 1.165) is 50.6 Å². The van der Waals surface area contributed by atoms with Gasteiger partial charge in [-0.1, -0.05) is 213 Å². The molecule has 7 heteroatoms. The van der Waals surface area contributed by atoms with Gasteiger partial charge in [0.25, 0.3) is 0 Å². The van der Waals surface area contributed by atoms with Crippen LogP contribution < -0.4 is 5.32 Å². The average Bonchev–Trinajstić information content (AvgIpc) is 3.31. The van der Waals surface area contributed by atoms with Gasteiger partial charge in [-0.2, -0.15) is 0 Å². The number of rotatable bonds is 46. The quantitative estimate of drug-likeness (QED) is 0.0396. The van der Waals surface area contributed by atoms with Gasteiger partial charge in [0.15, 0.2) is 0 Å². The number of unbranched alkanes of at least 4 members (excludes halogenated alkanes) is 19. The summed E-state index contributed by atoms with van der Waals surface area (Å²) in [6, 6.07) is 10.4. The number of carbonyl (C=O) groups is 3. The van der Waals surface area contributed by atoms with E-state index in [4.69, 9.17) is 14.2 Å². The normalized spacial score (nSPS) is 12.5. The van der Waals surface area contributed by atoms with Crippen molar-refractivity contribution < 1.29 is 30.0 Å². The van der Waals surface area contributed by atoms with E-state index in [9.17, 15) is 14.4 Å². The first-order valence-corrected chi connectivity index (χ1v) is 27.7. The molecule has 0 aliphatic carbocycles. The van der Waals surface area contributed by atoms with Crippen LogP contribution in [-0.2, 0) is 35.2 Å². The van der Waals surface area contributed by atoms with Crippen molar-refractivity contribution in [2.75, 3.05) is 19.8 Å². The highest BCUT2D eigenvalue weighted by atomic mass is 16.5. The highest BCUT2D eigenvalue weighted by Gasteiger charge is 2.14. The zero-order chi connectivity index (χ0) is 47.0. The van der Waals surface area contributed by atoms with E-state index in [-0.39, 0.29) is 19.3 Å². The maximum atomic E-state index is 12.5. The minimum atomic E-state index is -0.118. The Hall–Kier alpha value is -2.41. The third-order valence-corrected chi connectivity index (χ3v) is 12.7. The van der Waals surface area contributed by atoms with E-state index >= 15 is 0 Å². The van der Waals surface area contributed by atoms with Crippen molar-refractivity contribution in [2.45, 2.75) is 279 Å². The number of nitrogens with one attached hydrogen (secondary N) is 1. The number of ether oxygens (including phenoxy) is 3. The summed E-state index contributed by atoms with van der Waals surface area (Å²) in [6.45, 7) is 15.5. The molecule has 0 spiro atoms. The van der Waals surface area contributed by atoms with Gasteiger partial charge < -0.3 is 19.5 Å². The van der Waals surface area contributed by atoms with Gasteiger partial charge in [0.05, 0.1) is 13.2 Å². The number of hydrogen-bond acceptors (Lipinski definition) is 7. The first-order valence-electron chi connectivity index (χ1n) is 27.7. The second kappa shape index (κ2) is 48.5. The molecule has 1 rings (SSSR count). The summed E-state index contributed by atoms with van der Waals surface area (Å²) < 4.78 is 17.0. The zero-order valence-electron chi connectivity index (χ0n) is 43.1. The Labute approximate surface area is 398 Å². The molecule has 2 unspecified atom stereocenters. The summed E-state index contributed by atoms with van der Waals surface area (Å²) in [5.74, 6) is 0.923. The molecule has 1 aromatic rings. The van der Waals surface area contributed by atoms with Crippen LogP contribution >= 0.6 is 0 Å². The smallest absolute Gasteiger partial charge is 0.306 e. The summed E-state index contributed by atoms with van der Waals surface area (Å²) in [7, 11) is 0. The highest BCUT2D eigenvalue weighted by molar-refractivity contribution is 5.70. The molecule has 0 aromatic heterocycles. The van der Waals surface area contributed by atoms with Gasteiger partial charge in [0.2, 0.25) is 0 Å². The van der Waals surface area contributed by atoms with Crippen molar-refractivity contribution in [2.24, 2.45) is 11.8 Å². The highest BCUT2D eigenvalue weighted by Crippen LogP contribution is 2.21. The number of benzene rings is 1. The second-order valence-corrected chi connectivity index (χ2v) is 18.7. The van der Waals surface area contributed by atoms with E-state index in [1.165, 1.54) is 167 Å². The molecular weight excluding hydrogens is 795 g/mol. The fourth-order valence-corrected chi connectivity index (χ4v) is 8.49. The lowest BCUT2D eigenvalue weighted by Crippen LogP contribution is -2.30. The third-order valence-electron chi connectivity index (χ3n) is 12.7. The van der Waals surface area contributed by atoms with Gasteiger partial charge in [-0.3, -0.25) is 14.4 Å². The lowest BCUT2D eigenvalue weighted by Gasteiger charge is -2.19. The van der Waals surface area contributed by atoms with Crippen molar-refractivity contribution in [1.29, 1.82) is 0 Å². The van der Waals surface area contributed by atoms with Crippen LogP contribution in [0.3, 0.4) is 0 Å². The molecule has 0 bridgehead atoms. The average molecular weight is 902 g/mol. The van der Waals surface area contributed by atoms with Crippen LogP contribution in [0.4, 0.5) is 0 Å². The monoisotopic (exact) mass is 902 g/mol. The minimum Gasteiger partial charge on any atom is -0.465 e. The molecule has 0 aliphatic rings. The van der Waals surface area contributed by atoms with E-state index in [1.54, 1.807) is 0 Å². The Morgan fingerprint density at radius 1 is 0.438 bits per heavy atom. The molecule has 0 radical (unpaired) electrons. The zero-order valence-corrected chi connectivity index (χ0v) is 43.1. The number of esters is 3. The van der Waals surface area contributed by atoms with E-state index in [2.05, 4.69) is 33.0 Å². The summed E-state index contributed by atoms with van der Waals surface area (Å²) in [5.41, 5.74) is 1.02. The SMILES string of the molecule is CC.CCCCCCC(CCCC)COC(=O)CCCCCCCCC(CCCCCCCCC(=O)OCC(CCCC)CCCCCC)NCCCCC(=O)OCc1ccccc1.[HH]. The molecular formula is C57H107NO6. The molecule has 2 atom stereocenters. The Balaban J connectivity index is 0. The molecule has 0 heterocycles. The van der Waals surface area contributed by atoms with Crippen molar-refractivity contribution >= 4 is 17.9 Å². The van der Waals surface area contributed by atoms with Gasteiger partial charge in [-0.15, -0.1) is 0 Å². The molecule has 64 heavy (non-hydrogen) atoms. The Bertz CT molecular complexity index is 1100. The van der Waals surface area contributed by atoms with Gasteiger partial charge >= 0.3 is 17.9 Å². The van der Waals surface area contributed by atoms with E-state index in [0.29, 0.717) is 57.0 Å². The van der Waals surface area contributed by atoms with Gasteiger partial charge in [-0.25, -0.2) is 0 Å². The largest absolute Gasteiger partial charge is 0.465 e. The second-order valence-electron chi connectivity index (χ2n) is 18.7. The molecule has 0 aliphatic heterocycles. The summed E-state index contributed by atoms with van der Waals surface area (Å²) >= 11 is 0. The molecule has 0 fully saturated rings. The van der Waals surface area contributed by atoms with Gasteiger partial charge in [-0.05, 0) is 88.2 Å². The third kappa shape index (κ3) is 41.1. The molecule has 0 amide bonds. The number of carbonyl (C=O) groups excluding carboxylic acids is 3. The van der Waals surface area contributed by atoms with Gasteiger partial charge in [0.1, 0.15) is 6.61 Å². The molecule has 1 N–H and O–H groups in total. The van der Waals surface area contributed by atoms with Crippen LogP contribution in [0.1, 0.15) is 273 Å². The lowest BCUT2D eigenvalue weighted by molar-refractivity contribution is -0.146. The maximum absolute atomic E-state index is 12.5. The molecule has 1 aromatic carbocycles.